The van der Waals surface area contributed by atoms with Crippen LogP contribution in [0.25, 0.3) is 0 Å². The third kappa shape index (κ3) is 2.94. The van der Waals surface area contributed by atoms with Crippen molar-refractivity contribution in [1.82, 2.24) is 4.98 Å². The highest BCUT2D eigenvalue weighted by Crippen LogP contribution is 2.22. The average Bonchev–Trinajstić information content (AvgIpc) is 2.24. The number of pyridine rings is 1. The Bertz CT molecular complexity index is 477. The van der Waals surface area contributed by atoms with Gasteiger partial charge in [0.25, 0.3) is 0 Å². The topological polar surface area (TPSA) is 77.2 Å². The van der Waals surface area contributed by atoms with E-state index in [2.05, 4.69) is 11.1 Å². The van der Waals surface area contributed by atoms with Crippen LogP contribution in [0.5, 0.6) is 0 Å². The average molecular weight is 233 g/mol. The fraction of sp³-hybridized carbons (Fsp3) is 0.417. The fourth-order valence-electron chi connectivity index (χ4n) is 1.73. The molecular weight excluding hydrogens is 218 g/mol. The Kier molecular flexibility index (Phi) is 4.05. The number of carbonyl (C=O) groups is 1. The second kappa shape index (κ2) is 5.30. The standard InChI is InChI=1S/C12H15N3O2/c1-4-15(7-12(16)17)11-5-8(2)14-9(3)10(11)6-13/h5H,4,7H2,1-3H3,(H,16,17). The van der Waals surface area contributed by atoms with Crippen LogP contribution in [0, 0.1) is 25.2 Å². The van der Waals surface area contributed by atoms with Crippen LogP contribution in [0.15, 0.2) is 6.07 Å². The van der Waals surface area contributed by atoms with E-state index in [0.717, 1.165) is 5.69 Å². The van der Waals surface area contributed by atoms with Crippen LogP contribution in [-0.2, 0) is 4.79 Å². The van der Waals surface area contributed by atoms with Gasteiger partial charge in [0.05, 0.1) is 16.9 Å². The van der Waals surface area contributed by atoms with Gasteiger partial charge in [0.1, 0.15) is 12.6 Å². The maximum Gasteiger partial charge on any atom is 0.323 e. The van der Waals surface area contributed by atoms with Crippen LogP contribution in [-0.4, -0.2) is 29.1 Å². The number of nitriles is 1. The van der Waals surface area contributed by atoms with Gasteiger partial charge >= 0.3 is 5.97 Å². The molecular formula is C12H15N3O2. The molecule has 0 aromatic carbocycles. The largest absolute Gasteiger partial charge is 0.480 e. The molecule has 0 spiro atoms. The predicted molar refractivity (Wildman–Crippen MR) is 63.9 cm³/mol. The normalized spacial score (nSPS) is 9.76. The first-order valence-electron chi connectivity index (χ1n) is 5.34. The molecule has 0 saturated heterocycles. The molecule has 0 bridgehead atoms. The van der Waals surface area contributed by atoms with Crippen LogP contribution in [0.1, 0.15) is 23.9 Å². The van der Waals surface area contributed by atoms with E-state index in [4.69, 9.17) is 10.4 Å². The zero-order valence-electron chi connectivity index (χ0n) is 10.2. The summed E-state index contributed by atoms with van der Waals surface area (Å²) in [4.78, 5) is 16.6. The highest BCUT2D eigenvalue weighted by molar-refractivity contribution is 5.75. The van der Waals surface area contributed by atoms with E-state index < -0.39 is 5.97 Å². The Labute approximate surface area is 100 Å². The van der Waals surface area contributed by atoms with E-state index in [9.17, 15) is 4.79 Å². The summed E-state index contributed by atoms with van der Waals surface area (Å²) in [6.07, 6.45) is 0. The molecule has 0 amide bonds. The number of anilines is 1. The summed E-state index contributed by atoms with van der Waals surface area (Å²) in [6.45, 7) is 5.85. The summed E-state index contributed by atoms with van der Waals surface area (Å²) >= 11 is 0. The van der Waals surface area contributed by atoms with Crippen LogP contribution < -0.4 is 4.90 Å². The molecule has 0 aliphatic heterocycles. The van der Waals surface area contributed by atoms with Gasteiger partial charge in [-0.3, -0.25) is 9.78 Å². The molecule has 0 aliphatic carbocycles. The highest BCUT2D eigenvalue weighted by Gasteiger charge is 2.15. The zero-order valence-corrected chi connectivity index (χ0v) is 10.2. The van der Waals surface area contributed by atoms with Gasteiger partial charge in [-0.1, -0.05) is 0 Å². The van der Waals surface area contributed by atoms with Crippen molar-refractivity contribution in [2.75, 3.05) is 18.0 Å². The van der Waals surface area contributed by atoms with Crippen LogP contribution >= 0.6 is 0 Å². The summed E-state index contributed by atoms with van der Waals surface area (Å²) in [5.41, 5.74) is 2.49. The second-order valence-corrected chi connectivity index (χ2v) is 3.76. The van der Waals surface area contributed by atoms with E-state index in [1.54, 1.807) is 17.9 Å². The van der Waals surface area contributed by atoms with Crippen molar-refractivity contribution in [2.45, 2.75) is 20.8 Å². The predicted octanol–water partition coefficient (Wildman–Crippen LogP) is 1.48. The molecule has 1 heterocycles. The smallest absolute Gasteiger partial charge is 0.323 e. The van der Waals surface area contributed by atoms with Gasteiger partial charge in [-0.25, -0.2) is 0 Å². The van der Waals surface area contributed by atoms with Crippen LogP contribution in [0.3, 0.4) is 0 Å². The third-order valence-corrected chi connectivity index (χ3v) is 2.47. The van der Waals surface area contributed by atoms with Gasteiger partial charge in [-0.2, -0.15) is 5.26 Å². The van der Waals surface area contributed by atoms with Gasteiger partial charge in [-0.05, 0) is 26.8 Å². The van der Waals surface area contributed by atoms with Crippen molar-refractivity contribution in [3.63, 3.8) is 0 Å². The molecule has 5 heteroatoms. The number of carboxylic acid groups (broad SMARTS) is 1. The Hall–Kier alpha value is -2.09. The first kappa shape index (κ1) is 13.0. The molecule has 0 fully saturated rings. The lowest BCUT2D eigenvalue weighted by atomic mass is 10.1. The molecule has 1 rings (SSSR count). The summed E-state index contributed by atoms with van der Waals surface area (Å²) in [7, 11) is 0. The van der Waals surface area contributed by atoms with Gasteiger partial charge in [0, 0.05) is 12.2 Å². The van der Waals surface area contributed by atoms with Crippen molar-refractivity contribution in [1.29, 1.82) is 5.26 Å². The number of aryl methyl sites for hydroxylation is 2. The van der Waals surface area contributed by atoms with E-state index in [1.165, 1.54) is 0 Å². The molecule has 0 radical (unpaired) electrons. The van der Waals surface area contributed by atoms with Gasteiger partial charge < -0.3 is 10.0 Å². The Morgan fingerprint density at radius 3 is 2.71 bits per heavy atom. The lowest BCUT2D eigenvalue weighted by Crippen LogP contribution is -2.30. The van der Waals surface area contributed by atoms with Crippen molar-refractivity contribution in [3.8, 4) is 6.07 Å². The van der Waals surface area contributed by atoms with Crippen molar-refractivity contribution >= 4 is 11.7 Å². The molecule has 1 aromatic rings. The van der Waals surface area contributed by atoms with Gasteiger partial charge in [0.15, 0.2) is 0 Å². The van der Waals surface area contributed by atoms with E-state index in [-0.39, 0.29) is 6.54 Å². The molecule has 90 valence electrons. The summed E-state index contributed by atoms with van der Waals surface area (Å²) in [6, 6.07) is 3.83. The van der Waals surface area contributed by atoms with Crippen LogP contribution in [0.2, 0.25) is 0 Å². The van der Waals surface area contributed by atoms with Crippen molar-refractivity contribution < 1.29 is 9.90 Å². The Morgan fingerprint density at radius 2 is 2.24 bits per heavy atom. The SMILES string of the molecule is CCN(CC(=O)O)c1cc(C)nc(C)c1C#N. The van der Waals surface area contributed by atoms with Crippen molar-refractivity contribution in [2.24, 2.45) is 0 Å². The summed E-state index contributed by atoms with van der Waals surface area (Å²) in [5, 5.41) is 17.9. The third-order valence-electron chi connectivity index (χ3n) is 2.47. The minimum Gasteiger partial charge on any atom is -0.480 e. The maximum absolute atomic E-state index is 10.8. The number of carboxylic acids is 1. The van der Waals surface area contributed by atoms with E-state index in [0.29, 0.717) is 23.5 Å². The first-order chi connectivity index (χ1) is 7.99. The molecule has 17 heavy (non-hydrogen) atoms. The molecule has 5 nitrogen and oxygen atoms in total. The molecule has 0 aliphatic rings. The summed E-state index contributed by atoms with van der Waals surface area (Å²) < 4.78 is 0. The second-order valence-electron chi connectivity index (χ2n) is 3.76. The molecule has 1 aromatic heterocycles. The Morgan fingerprint density at radius 1 is 1.59 bits per heavy atom. The number of hydrogen-bond acceptors (Lipinski definition) is 4. The minimum absolute atomic E-state index is 0.117. The quantitative estimate of drug-likeness (QED) is 0.852. The number of nitrogens with zero attached hydrogens (tertiary/aromatic N) is 3. The van der Waals surface area contributed by atoms with Crippen molar-refractivity contribution in [3.05, 3.63) is 23.0 Å². The number of hydrogen-bond donors (Lipinski definition) is 1. The lowest BCUT2D eigenvalue weighted by molar-refractivity contribution is -0.135. The molecule has 0 atom stereocenters. The van der Waals surface area contributed by atoms with Crippen LogP contribution in [0.4, 0.5) is 5.69 Å². The number of aromatic nitrogens is 1. The lowest BCUT2D eigenvalue weighted by Gasteiger charge is -2.22. The number of likely N-dealkylation sites (N-methyl/N-ethyl adjacent to an activating group) is 1. The van der Waals surface area contributed by atoms with Gasteiger partial charge in [0.2, 0.25) is 0 Å². The summed E-state index contributed by atoms with van der Waals surface area (Å²) in [5.74, 6) is -0.914. The first-order valence-corrected chi connectivity index (χ1v) is 5.34. The monoisotopic (exact) mass is 233 g/mol. The van der Waals surface area contributed by atoms with E-state index >= 15 is 0 Å². The zero-order chi connectivity index (χ0) is 13.0. The van der Waals surface area contributed by atoms with Gasteiger partial charge in [-0.15, -0.1) is 0 Å². The molecule has 0 unspecified atom stereocenters. The fourth-order valence-corrected chi connectivity index (χ4v) is 1.73. The maximum atomic E-state index is 10.8. The van der Waals surface area contributed by atoms with E-state index in [1.807, 2.05) is 13.8 Å². The highest BCUT2D eigenvalue weighted by atomic mass is 16.4. The molecule has 0 saturated carbocycles. The number of rotatable bonds is 4. The number of aliphatic carboxylic acids is 1. The minimum atomic E-state index is -0.914. The molecule has 1 N–H and O–H groups in total. The Balaban J connectivity index is 3.27.